The topological polar surface area (TPSA) is 54.9 Å². The molecule has 2 aromatic carbocycles. The normalized spacial score (nSPS) is 11.9. The molecule has 0 aliphatic carbocycles. The molecule has 0 spiro atoms. The maximum Gasteiger partial charge on any atom is 0.206 e. The molecule has 0 amide bonds. The summed E-state index contributed by atoms with van der Waals surface area (Å²) in [6.45, 7) is 2.57. The first-order valence-corrected chi connectivity index (χ1v) is 9.77. The van der Waals surface area contributed by atoms with Crippen LogP contribution in [0.5, 0.6) is 0 Å². The van der Waals surface area contributed by atoms with Gasteiger partial charge < -0.3 is 5.32 Å². The predicted octanol–water partition coefficient (Wildman–Crippen LogP) is 5.17. The third kappa shape index (κ3) is 5.04. The second kappa shape index (κ2) is 8.47. The first-order valence-electron chi connectivity index (χ1n) is 7.69. The zero-order valence-electron chi connectivity index (χ0n) is 13.5. The fraction of sp³-hybridized carbons (Fsp3) is 0.167. The maximum atomic E-state index is 12.5. The Balaban J connectivity index is 1.57. The van der Waals surface area contributed by atoms with Crippen LogP contribution in [-0.4, -0.2) is 21.2 Å². The number of hydrogen-bond acceptors (Lipinski definition) is 6. The number of benzene rings is 2. The number of nitrogens with zero attached hydrogens (tertiary/aromatic N) is 2. The van der Waals surface area contributed by atoms with E-state index < -0.39 is 0 Å². The van der Waals surface area contributed by atoms with Crippen LogP contribution in [0.4, 0.5) is 5.13 Å². The van der Waals surface area contributed by atoms with Crippen LogP contribution in [-0.2, 0) is 6.54 Å². The first-order chi connectivity index (χ1) is 12.1. The van der Waals surface area contributed by atoms with Crippen LogP contribution in [0.25, 0.3) is 0 Å². The lowest BCUT2D eigenvalue weighted by Crippen LogP contribution is -2.13. The summed E-state index contributed by atoms with van der Waals surface area (Å²) in [6, 6.07) is 17.0. The Morgan fingerprint density at radius 1 is 1.16 bits per heavy atom. The standard InChI is InChI=1S/C18H16ClN3OS2/c1-12(16(23)14-7-9-15(19)10-8-14)24-18-22-21-17(25-18)20-11-13-5-3-2-4-6-13/h2-10,12H,11H2,1H3,(H,20,21)/t12-/m0/s1. The van der Waals surface area contributed by atoms with Crippen LogP contribution in [0, 0.1) is 0 Å². The van der Waals surface area contributed by atoms with Gasteiger partial charge in [0, 0.05) is 17.1 Å². The van der Waals surface area contributed by atoms with Gasteiger partial charge in [-0.3, -0.25) is 4.79 Å². The lowest BCUT2D eigenvalue weighted by atomic mass is 10.1. The minimum atomic E-state index is -0.240. The Morgan fingerprint density at radius 3 is 2.60 bits per heavy atom. The highest BCUT2D eigenvalue weighted by Gasteiger charge is 2.18. The van der Waals surface area contributed by atoms with E-state index in [9.17, 15) is 4.79 Å². The Labute approximate surface area is 159 Å². The number of carbonyl (C=O) groups is 1. The van der Waals surface area contributed by atoms with Crippen molar-refractivity contribution in [2.75, 3.05) is 5.32 Å². The Morgan fingerprint density at radius 2 is 1.88 bits per heavy atom. The summed E-state index contributed by atoms with van der Waals surface area (Å²) >= 11 is 8.73. The monoisotopic (exact) mass is 389 g/mol. The molecule has 3 rings (SSSR count). The molecule has 0 radical (unpaired) electrons. The average molecular weight is 390 g/mol. The van der Waals surface area contributed by atoms with Crippen LogP contribution in [0.3, 0.4) is 0 Å². The number of halogens is 1. The minimum absolute atomic E-state index is 0.0515. The highest BCUT2D eigenvalue weighted by molar-refractivity contribution is 8.02. The van der Waals surface area contributed by atoms with Gasteiger partial charge in [0.1, 0.15) is 0 Å². The molecule has 0 saturated carbocycles. The van der Waals surface area contributed by atoms with E-state index in [1.165, 1.54) is 28.7 Å². The highest BCUT2D eigenvalue weighted by Crippen LogP contribution is 2.30. The fourth-order valence-electron chi connectivity index (χ4n) is 2.16. The third-order valence-corrected chi connectivity index (χ3v) is 5.79. The van der Waals surface area contributed by atoms with Gasteiger partial charge in [-0.25, -0.2) is 0 Å². The quantitative estimate of drug-likeness (QED) is 0.446. The largest absolute Gasteiger partial charge is 0.356 e. The minimum Gasteiger partial charge on any atom is -0.356 e. The van der Waals surface area contributed by atoms with Gasteiger partial charge in [0.2, 0.25) is 5.13 Å². The van der Waals surface area contributed by atoms with E-state index in [1.807, 2.05) is 25.1 Å². The summed E-state index contributed by atoms with van der Waals surface area (Å²) in [5, 5.41) is 12.7. The number of nitrogens with one attached hydrogen (secondary N) is 1. The van der Waals surface area contributed by atoms with Gasteiger partial charge in [-0.2, -0.15) is 0 Å². The number of thioether (sulfide) groups is 1. The van der Waals surface area contributed by atoms with Crippen LogP contribution in [0.15, 0.2) is 58.9 Å². The molecule has 3 aromatic rings. The molecule has 1 heterocycles. The van der Waals surface area contributed by atoms with Crippen molar-refractivity contribution >= 4 is 45.6 Å². The van der Waals surface area contributed by atoms with Crippen LogP contribution in [0.2, 0.25) is 5.02 Å². The predicted molar refractivity (Wildman–Crippen MR) is 105 cm³/mol. The molecule has 1 N–H and O–H groups in total. The van der Waals surface area contributed by atoms with Crippen molar-refractivity contribution in [3.8, 4) is 0 Å². The number of Topliss-reactive ketones (excluding diaryl/α,β-unsaturated/α-hetero) is 1. The van der Waals surface area contributed by atoms with Gasteiger partial charge >= 0.3 is 0 Å². The summed E-state index contributed by atoms with van der Waals surface area (Å²) in [6.07, 6.45) is 0. The molecule has 0 aliphatic rings. The Hall–Kier alpha value is -1.89. The molecule has 4 nitrogen and oxygen atoms in total. The lowest BCUT2D eigenvalue weighted by Gasteiger charge is -2.07. The number of aromatic nitrogens is 2. The summed E-state index contributed by atoms with van der Waals surface area (Å²) in [5.74, 6) is 0.0515. The van der Waals surface area contributed by atoms with Gasteiger partial charge in [-0.1, -0.05) is 65.0 Å². The van der Waals surface area contributed by atoms with Crippen molar-refractivity contribution in [1.82, 2.24) is 10.2 Å². The third-order valence-electron chi connectivity index (χ3n) is 3.47. The highest BCUT2D eigenvalue weighted by atomic mass is 35.5. The van der Waals surface area contributed by atoms with Gasteiger partial charge in [-0.15, -0.1) is 10.2 Å². The van der Waals surface area contributed by atoms with Crippen molar-refractivity contribution < 1.29 is 4.79 Å². The Kier molecular flexibility index (Phi) is 6.07. The molecular formula is C18H16ClN3OS2. The molecule has 1 aromatic heterocycles. The van der Waals surface area contributed by atoms with E-state index in [0.717, 1.165) is 9.47 Å². The lowest BCUT2D eigenvalue weighted by molar-refractivity contribution is 0.0994. The number of rotatable bonds is 7. The van der Waals surface area contributed by atoms with Crippen molar-refractivity contribution in [3.63, 3.8) is 0 Å². The van der Waals surface area contributed by atoms with Gasteiger partial charge in [0.15, 0.2) is 10.1 Å². The van der Waals surface area contributed by atoms with E-state index in [2.05, 4.69) is 27.6 Å². The van der Waals surface area contributed by atoms with Crippen LogP contribution < -0.4 is 5.32 Å². The molecule has 0 unspecified atom stereocenters. The summed E-state index contributed by atoms with van der Waals surface area (Å²) in [5.41, 5.74) is 1.83. The summed E-state index contributed by atoms with van der Waals surface area (Å²) < 4.78 is 0.769. The molecule has 7 heteroatoms. The zero-order valence-corrected chi connectivity index (χ0v) is 15.9. The summed E-state index contributed by atoms with van der Waals surface area (Å²) in [4.78, 5) is 12.5. The van der Waals surface area contributed by atoms with E-state index in [4.69, 9.17) is 11.6 Å². The fourth-order valence-corrected chi connectivity index (χ4v) is 4.25. The smallest absolute Gasteiger partial charge is 0.206 e. The molecule has 128 valence electrons. The first kappa shape index (κ1) is 17.9. The number of carbonyl (C=O) groups excluding carboxylic acids is 1. The average Bonchev–Trinajstić information content (AvgIpc) is 3.08. The maximum absolute atomic E-state index is 12.5. The van der Waals surface area contributed by atoms with Crippen molar-refractivity contribution in [1.29, 1.82) is 0 Å². The molecule has 1 atom stereocenters. The van der Waals surface area contributed by atoms with Gasteiger partial charge in [0.25, 0.3) is 0 Å². The molecule has 25 heavy (non-hydrogen) atoms. The molecule has 0 saturated heterocycles. The number of hydrogen-bond donors (Lipinski definition) is 1. The van der Waals surface area contributed by atoms with Crippen molar-refractivity contribution in [2.24, 2.45) is 0 Å². The summed E-state index contributed by atoms with van der Waals surface area (Å²) in [7, 11) is 0. The molecule has 0 aliphatic heterocycles. The van der Waals surface area contributed by atoms with E-state index >= 15 is 0 Å². The zero-order chi connectivity index (χ0) is 17.6. The van der Waals surface area contributed by atoms with E-state index in [0.29, 0.717) is 17.1 Å². The molecule has 0 bridgehead atoms. The number of anilines is 1. The second-order valence-electron chi connectivity index (χ2n) is 5.34. The molecular weight excluding hydrogens is 374 g/mol. The van der Waals surface area contributed by atoms with Crippen LogP contribution in [0.1, 0.15) is 22.8 Å². The van der Waals surface area contributed by atoms with Crippen molar-refractivity contribution in [3.05, 3.63) is 70.7 Å². The SMILES string of the molecule is C[C@H](Sc1nnc(NCc2ccccc2)s1)C(=O)c1ccc(Cl)cc1. The van der Waals surface area contributed by atoms with E-state index in [-0.39, 0.29) is 11.0 Å². The van der Waals surface area contributed by atoms with Crippen molar-refractivity contribution in [2.45, 2.75) is 23.1 Å². The number of ketones is 1. The second-order valence-corrected chi connectivity index (χ2v) is 8.35. The molecule has 0 fully saturated rings. The van der Waals surface area contributed by atoms with Crippen LogP contribution >= 0.6 is 34.7 Å². The van der Waals surface area contributed by atoms with Gasteiger partial charge in [-0.05, 0) is 36.8 Å². The van der Waals surface area contributed by atoms with Gasteiger partial charge in [0.05, 0.1) is 5.25 Å². The van der Waals surface area contributed by atoms with E-state index in [1.54, 1.807) is 24.3 Å². The Bertz CT molecular complexity index is 837.